The van der Waals surface area contributed by atoms with E-state index in [1.54, 1.807) is 0 Å². The van der Waals surface area contributed by atoms with Crippen molar-refractivity contribution in [2.24, 2.45) is 11.8 Å². The van der Waals surface area contributed by atoms with E-state index in [9.17, 15) is 14.4 Å². The predicted octanol–water partition coefficient (Wildman–Crippen LogP) is 0.552. The molecular weight excluding hydrogens is 320 g/mol. The van der Waals surface area contributed by atoms with Gasteiger partial charge in [0.05, 0.1) is 0 Å². The summed E-state index contributed by atoms with van der Waals surface area (Å²) in [6.07, 6.45) is 6.50. The van der Waals surface area contributed by atoms with Crippen molar-refractivity contribution in [1.29, 1.82) is 0 Å². The van der Waals surface area contributed by atoms with Crippen LogP contribution in [0.3, 0.4) is 0 Å². The Morgan fingerprint density at radius 2 is 2.00 bits per heavy atom. The number of rotatable bonds is 5. The first-order valence-corrected chi connectivity index (χ1v) is 9.27. The lowest BCUT2D eigenvalue weighted by Gasteiger charge is -2.23. The summed E-state index contributed by atoms with van der Waals surface area (Å²) < 4.78 is 1.23. The molecule has 1 aliphatic carbocycles. The maximum Gasteiger partial charge on any atom is 0.328 e. The van der Waals surface area contributed by atoms with Gasteiger partial charge in [-0.15, -0.1) is 0 Å². The molecule has 1 saturated carbocycles. The Kier molecular flexibility index (Phi) is 5.42. The van der Waals surface area contributed by atoms with Gasteiger partial charge in [0, 0.05) is 37.4 Å². The summed E-state index contributed by atoms with van der Waals surface area (Å²) in [4.78, 5) is 40.0. The van der Waals surface area contributed by atoms with Crippen LogP contribution in [-0.4, -0.2) is 45.5 Å². The van der Waals surface area contributed by atoms with Crippen LogP contribution < -0.4 is 16.6 Å². The van der Waals surface area contributed by atoms with E-state index in [-0.39, 0.29) is 18.5 Å². The average molecular weight is 348 g/mol. The third-order valence-electron chi connectivity index (χ3n) is 5.65. The molecule has 2 heterocycles. The van der Waals surface area contributed by atoms with E-state index in [0.29, 0.717) is 17.9 Å². The highest BCUT2D eigenvalue weighted by Gasteiger charge is 2.38. The lowest BCUT2D eigenvalue weighted by atomic mass is 9.91. The van der Waals surface area contributed by atoms with Crippen LogP contribution in [0.2, 0.25) is 0 Å². The SMILES string of the molecule is CC(C)[C@H]1CN(C2CCCC2)C[C@@H]1NC(=O)Cn1ccc(=O)[nH]c1=O. The van der Waals surface area contributed by atoms with Crippen molar-refractivity contribution < 1.29 is 4.79 Å². The maximum atomic E-state index is 12.4. The predicted molar refractivity (Wildman–Crippen MR) is 95.4 cm³/mol. The lowest BCUT2D eigenvalue weighted by molar-refractivity contribution is -0.122. The van der Waals surface area contributed by atoms with Crippen LogP contribution in [0.4, 0.5) is 0 Å². The molecule has 7 heteroatoms. The quantitative estimate of drug-likeness (QED) is 0.814. The maximum absolute atomic E-state index is 12.4. The zero-order chi connectivity index (χ0) is 18.0. The molecule has 2 atom stereocenters. The number of aromatic amines is 1. The molecule has 0 aromatic carbocycles. The highest BCUT2D eigenvalue weighted by molar-refractivity contribution is 5.76. The van der Waals surface area contributed by atoms with Gasteiger partial charge in [-0.1, -0.05) is 26.7 Å². The van der Waals surface area contributed by atoms with Crippen LogP contribution in [0.1, 0.15) is 39.5 Å². The molecular formula is C18H28N4O3. The molecule has 2 N–H and O–H groups in total. The molecule has 0 spiro atoms. The number of aromatic nitrogens is 2. The lowest BCUT2D eigenvalue weighted by Crippen LogP contribution is -2.45. The smallest absolute Gasteiger partial charge is 0.328 e. The van der Waals surface area contributed by atoms with Crippen LogP contribution in [0.25, 0.3) is 0 Å². The van der Waals surface area contributed by atoms with Gasteiger partial charge in [0.2, 0.25) is 5.91 Å². The molecule has 3 rings (SSSR count). The molecule has 1 aromatic heterocycles. The minimum Gasteiger partial charge on any atom is -0.350 e. The normalized spacial score (nSPS) is 24.9. The molecule has 25 heavy (non-hydrogen) atoms. The van der Waals surface area contributed by atoms with Crippen molar-refractivity contribution >= 4 is 5.91 Å². The van der Waals surface area contributed by atoms with E-state index >= 15 is 0 Å². The van der Waals surface area contributed by atoms with Gasteiger partial charge in [-0.25, -0.2) is 4.79 Å². The summed E-state index contributed by atoms with van der Waals surface area (Å²) in [5, 5.41) is 3.12. The molecule has 1 saturated heterocycles. The van der Waals surface area contributed by atoms with Crippen molar-refractivity contribution in [3.8, 4) is 0 Å². The fraction of sp³-hybridized carbons (Fsp3) is 0.722. The molecule has 1 aliphatic heterocycles. The highest BCUT2D eigenvalue weighted by atomic mass is 16.2. The Morgan fingerprint density at radius 1 is 1.28 bits per heavy atom. The Morgan fingerprint density at radius 3 is 2.64 bits per heavy atom. The number of carbonyl (C=O) groups is 1. The zero-order valence-corrected chi connectivity index (χ0v) is 15.0. The monoisotopic (exact) mass is 348 g/mol. The molecule has 2 aliphatic rings. The van der Waals surface area contributed by atoms with Gasteiger partial charge in [-0.2, -0.15) is 0 Å². The number of hydrogen-bond acceptors (Lipinski definition) is 4. The number of nitrogens with zero attached hydrogens (tertiary/aromatic N) is 2. The summed E-state index contributed by atoms with van der Waals surface area (Å²) in [6.45, 7) is 6.26. The molecule has 0 radical (unpaired) electrons. The minimum atomic E-state index is -0.554. The van der Waals surface area contributed by atoms with Gasteiger partial charge < -0.3 is 5.32 Å². The van der Waals surface area contributed by atoms with Crippen LogP contribution in [0, 0.1) is 11.8 Å². The summed E-state index contributed by atoms with van der Waals surface area (Å²) in [5.74, 6) is 0.738. The van der Waals surface area contributed by atoms with Crippen molar-refractivity contribution in [3.63, 3.8) is 0 Å². The molecule has 1 amide bonds. The summed E-state index contributed by atoms with van der Waals surface area (Å²) in [7, 11) is 0. The second kappa shape index (κ2) is 7.56. The molecule has 0 bridgehead atoms. The minimum absolute atomic E-state index is 0.0691. The highest BCUT2D eigenvalue weighted by Crippen LogP contribution is 2.31. The van der Waals surface area contributed by atoms with E-state index in [1.807, 2.05) is 0 Å². The van der Waals surface area contributed by atoms with Crippen LogP contribution in [-0.2, 0) is 11.3 Å². The van der Waals surface area contributed by atoms with Gasteiger partial charge in [0.15, 0.2) is 0 Å². The zero-order valence-electron chi connectivity index (χ0n) is 15.0. The fourth-order valence-corrected chi connectivity index (χ4v) is 4.23. The third kappa shape index (κ3) is 4.21. The number of H-pyrrole nitrogens is 1. The van der Waals surface area contributed by atoms with Crippen LogP contribution in [0.15, 0.2) is 21.9 Å². The van der Waals surface area contributed by atoms with E-state index in [1.165, 1.54) is 42.5 Å². The van der Waals surface area contributed by atoms with Gasteiger partial charge >= 0.3 is 5.69 Å². The van der Waals surface area contributed by atoms with Crippen molar-refractivity contribution in [1.82, 2.24) is 19.8 Å². The van der Waals surface area contributed by atoms with E-state index in [0.717, 1.165) is 13.1 Å². The van der Waals surface area contributed by atoms with Gasteiger partial charge in [0.25, 0.3) is 5.56 Å². The van der Waals surface area contributed by atoms with Gasteiger partial charge in [-0.05, 0) is 24.7 Å². The van der Waals surface area contributed by atoms with Crippen molar-refractivity contribution in [2.75, 3.05) is 13.1 Å². The first-order chi connectivity index (χ1) is 11.9. The topological polar surface area (TPSA) is 87.2 Å². The Hall–Kier alpha value is -1.89. The Labute approximate surface area is 147 Å². The molecule has 7 nitrogen and oxygen atoms in total. The first-order valence-electron chi connectivity index (χ1n) is 9.27. The van der Waals surface area contributed by atoms with Crippen LogP contribution >= 0.6 is 0 Å². The molecule has 2 fully saturated rings. The first kappa shape index (κ1) is 17.9. The number of carbonyl (C=O) groups excluding carboxylic acids is 1. The van der Waals surface area contributed by atoms with Gasteiger partial charge in [0.1, 0.15) is 6.54 Å². The third-order valence-corrected chi connectivity index (χ3v) is 5.65. The number of amides is 1. The number of hydrogen-bond donors (Lipinski definition) is 2. The number of likely N-dealkylation sites (tertiary alicyclic amines) is 1. The largest absolute Gasteiger partial charge is 0.350 e. The summed E-state index contributed by atoms with van der Waals surface area (Å²) >= 11 is 0. The Balaban J connectivity index is 1.64. The number of nitrogens with one attached hydrogen (secondary N) is 2. The molecule has 0 unspecified atom stereocenters. The second-order valence-corrected chi connectivity index (χ2v) is 7.71. The fourth-order valence-electron chi connectivity index (χ4n) is 4.23. The van der Waals surface area contributed by atoms with Crippen molar-refractivity contribution in [2.45, 2.75) is 58.2 Å². The standard InChI is InChI=1S/C18H28N4O3/c1-12(2)14-9-22(13-5-3-4-6-13)10-15(14)19-17(24)11-21-8-7-16(23)20-18(21)25/h7-8,12-15H,3-6,9-11H2,1-2H3,(H,19,24)(H,20,23,25)/t14-,15+/m1/s1. The second-order valence-electron chi connectivity index (χ2n) is 7.71. The van der Waals surface area contributed by atoms with E-state index < -0.39 is 11.2 Å². The van der Waals surface area contributed by atoms with E-state index in [2.05, 4.69) is 29.0 Å². The van der Waals surface area contributed by atoms with Crippen molar-refractivity contribution in [3.05, 3.63) is 33.1 Å². The summed E-state index contributed by atoms with van der Waals surface area (Å²) in [5.41, 5.74) is -1.01. The van der Waals surface area contributed by atoms with Gasteiger partial charge in [-0.3, -0.25) is 24.0 Å². The molecule has 1 aromatic rings. The Bertz CT molecular complexity index is 718. The van der Waals surface area contributed by atoms with Crippen LogP contribution in [0.5, 0.6) is 0 Å². The average Bonchev–Trinajstić information content (AvgIpc) is 3.19. The summed E-state index contributed by atoms with van der Waals surface area (Å²) in [6, 6.07) is 2.03. The van der Waals surface area contributed by atoms with E-state index in [4.69, 9.17) is 0 Å². The molecule has 138 valence electrons.